The monoisotopic (exact) mass is 415 g/mol. The van der Waals surface area contributed by atoms with Crippen LogP contribution in [0.2, 0.25) is 5.02 Å². The lowest BCUT2D eigenvalue weighted by molar-refractivity contribution is 0.194. The van der Waals surface area contributed by atoms with Gasteiger partial charge in [0.25, 0.3) is 0 Å². The van der Waals surface area contributed by atoms with Gasteiger partial charge in [0, 0.05) is 31.2 Å². The molecule has 0 bridgehead atoms. The lowest BCUT2D eigenvalue weighted by Gasteiger charge is -2.36. The van der Waals surface area contributed by atoms with Gasteiger partial charge in [0.15, 0.2) is 0 Å². The van der Waals surface area contributed by atoms with Crippen LogP contribution in [0.5, 0.6) is 5.75 Å². The summed E-state index contributed by atoms with van der Waals surface area (Å²) in [4.78, 5) is 4.52. The van der Waals surface area contributed by atoms with Crippen LogP contribution < -0.4 is 4.90 Å². The molecule has 1 aliphatic heterocycles. The fourth-order valence-electron chi connectivity index (χ4n) is 3.39. The topological polar surface area (TPSA) is 49.5 Å². The van der Waals surface area contributed by atoms with Crippen molar-refractivity contribution in [3.8, 4) is 11.4 Å². The molecule has 0 aliphatic carbocycles. The zero-order valence-corrected chi connectivity index (χ0v) is 17.2. The van der Waals surface area contributed by atoms with E-state index in [2.05, 4.69) is 14.9 Å². The fraction of sp³-hybridized carbons (Fsp3) is 0.300. The van der Waals surface area contributed by atoms with Crippen LogP contribution in [0, 0.1) is 11.7 Å². The Morgan fingerprint density at radius 2 is 1.86 bits per heavy atom. The predicted octanol–water partition coefficient (Wildman–Crippen LogP) is 3.85. The number of halogens is 1. The third-order valence-electron chi connectivity index (χ3n) is 5.10. The molecular formula is C20H22ClN5OS. The van der Waals surface area contributed by atoms with E-state index in [4.69, 9.17) is 23.8 Å². The van der Waals surface area contributed by atoms with Gasteiger partial charge >= 0.3 is 0 Å². The van der Waals surface area contributed by atoms with Crippen molar-refractivity contribution in [3.63, 3.8) is 0 Å². The first-order chi connectivity index (χ1) is 13.5. The molecule has 0 saturated carbocycles. The van der Waals surface area contributed by atoms with Gasteiger partial charge in [-0.05, 0) is 49.0 Å². The number of aromatic hydroxyl groups is 1. The van der Waals surface area contributed by atoms with Crippen molar-refractivity contribution in [2.45, 2.75) is 13.6 Å². The Hall–Kier alpha value is -2.35. The van der Waals surface area contributed by atoms with Crippen molar-refractivity contribution in [1.29, 1.82) is 0 Å². The normalized spacial score (nSPS) is 15.1. The summed E-state index contributed by atoms with van der Waals surface area (Å²) in [5.74, 6) is 0.327. The number of rotatable bonds is 4. The van der Waals surface area contributed by atoms with Gasteiger partial charge in [-0.2, -0.15) is 5.10 Å². The zero-order valence-electron chi connectivity index (χ0n) is 15.6. The van der Waals surface area contributed by atoms with Gasteiger partial charge in [0.05, 0.1) is 18.0 Å². The second-order valence-corrected chi connectivity index (χ2v) is 7.72. The van der Waals surface area contributed by atoms with Gasteiger partial charge in [0.2, 0.25) is 4.77 Å². The van der Waals surface area contributed by atoms with E-state index < -0.39 is 0 Å². The quantitative estimate of drug-likeness (QED) is 0.656. The highest BCUT2D eigenvalue weighted by Gasteiger charge is 2.20. The molecule has 0 unspecified atom stereocenters. The molecule has 1 fully saturated rings. The summed E-state index contributed by atoms with van der Waals surface area (Å²) in [6.07, 6.45) is 1.74. The molecule has 0 spiro atoms. The first-order valence-electron chi connectivity index (χ1n) is 9.19. The molecule has 8 heteroatoms. The van der Waals surface area contributed by atoms with Crippen molar-refractivity contribution in [3.05, 3.63) is 64.1 Å². The van der Waals surface area contributed by atoms with E-state index in [0.29, 0.717) is 22.2 Å². The minimum absolute atomic E-state index is 0.327. The molecule has 0 amide bonds. The molecule has 4 rings (SSSR count). The number of anilines is 1. The van der Waals surface area contributed by atoms with Crippen LogP contribution in [0.15, 0.2) is 48.8 Å². The van der Waals surface area contributed by atoms with E-state index in [1.807, 2.05) is 52.6 Å². The van der Waals surface area contributed by atoms with Crippen molar-refractivity contribution >= 4 is 29.5 Å². The van der Waals surface area contributed by atoms with E-state index >= 15 is 0 Å². The maximum atomic E-state index is 10.1. The Bertz CT molecular complexity index is 1040. The molecule has 2 heterocycles. The van der Waals surface area contributed by atoms with E-state index in [-0.39, 0.29) is 0 Å². The Morgan fingerprint density at radius 3 is 2.57 bits per heavy atom. The lowest BCUT2D eigenvalue weighted by Crippen LogP contribution is -2.47. The molecule has 146 valence electrons. The maximum absolute atomic E-state index is 10.1. The first kappa shape index (κ1) is 19.0. The highest BCUT2D eigenvalue weighted by Crippen LogP contribution is 2.27. The first-order valence-corrected chi connectivity index (χ1v) is 9.98. The average Bonchev–Trinajstić information content (AvgIpc) is 3.05. The Kier molecular flexibility index (Phi) is 5.39. The van der Waals surface area contributed by atoms with Crippen LogP contribution in [0.4, 0.5) is 5.69 Å². The molecule has 0 atom stereocenters. The second kappa shape index (κ2) is 7.95. The number of para-hydroxylation sites is 2. The van der Waals surface area contributed by atoms with Gasteiger partial charge in [0.1, 0.15) is 12.1 Å². The summed E-state index contributed by atoms with van der Waals surface area (Å²) in [7, 11) is 0. The van der Waals surface area contributed by atoms with Crippen molar-refractivity contribution < 1.29 is 5.11 Å². The third-order valence-corrected chi connectivity index (χ3v) is 5.91. The van der Waals surface area contributed by atoms with Gasteiger partial charge < -0.3 is 10.0 Å². The number of phenols is 1. The van der Waals surface area contributed by atoms with Crippen LogP contribution in [0.1, 0.15) is 5.56 Å². The van der Waals surface area contributed by atoms with Gasteiger partial charge in [-0.25, -0.2) is 4.68 Å². The van der Waals surface area contributed by atoms with Gasteiger partial charge in [-0.15, -0.1) is 0 Å². The number of phenolic OH excluding ortho intramolecular Hbond substituents is 1. The molecule has 1 aromatic heterocycles. The minimum Gasteiger partial charge on any atom is -0.506 e. The van der Waals surface area contributed by atoms with Crippen LogP contribution in [-0.4, -0.2) is 50.5 Å². The number of piperazine rings is 1. The third kappa shape index (κ3) is 3.78. The molecule has 1 saturated heterocycles. The predicted molar refractivity (Wildman–Crippen MR) is 114 cm³/mol. The summed E-state index contributed by atoms with van der Waals surface area (Å²) in [6.45, 7) is 6.06. The molecule has 28 heavy (non-hydrogen) atoms. The van der Waals surface area contributed by atoms with Crippen molar-refractivity contribution in [2.75, 3.05) is 31.1 Å². The number of aryl methyl sites for hydroxylation is 1. The van der Waals surface area contributed by atoms with E-state index in [0.717, 1.165) is 43.1 Å². The highest BCUT2D eigenvalue weighted by molar-refractivity contribution is 7.71. The number of hydrogen-bond donors (Lipinski definition) is 1. The Labute approximate surface area is 174 Å². The second-order valence-electron chi connectivity index (χ2n) is 6.95. The summed E-state index contributed by atoms with van der Waals surface area (Å²) in [5, 5.41) is 15.2. The molecule has 3 aromatic rings. The number of hydrogen-bond acceptors (Lipinski definition) is 5. The largest absolute Gasteiger partial charge is 0.506 e. The van der Waals surface area contributed by atoms with Crippen LogP contribution >= 0.6 is 23.8 Å². The summed E-state index contributed by atoms with van der Waals surface area (Å²) in [6, 6.07) is 13.4. The number of aromatic nitrogens is 3. The molecule has 6 nitrogen and oxygen atoms in total. The van der Waals surface area contributed by atoms with E-state index in [9.17, 15) is 5.11 Å². The Balaban J connectivity index is 1.43. The summed E-state index contributed by atoms with van der Waals surface area (Å²) >= 11 is 11.9. The van der Waals surface area contributed by atoms with E-state index in [1.54, 1.807) is 12.4 Å². The van der Waals surface area contributed by atoms with Crippen molar-refractivity contribution in [1.82, 2.24) is 19.2 Å². The number of benzene rings is 2. The summed E-state index contributed by atoms with van der Waals surface area (Å²) < 4.78 is 4.35. The average molecular weight is 416 g/mol. The van der Waals surface area contributed by atoms with Gasteiger partial charge in [-0.1, -0.05) is 29.8 Å². The lowest BCUT2D eigenvalue weighted by atomic mass is 10.2. The fourth-order valence-corrected chi connectivity index (χ4v) is 3.83. The molecule has 0 radical (unpaired) electrons. The maximum Gasteiger partial charge on any atom is 0.203 e. The molecule has 2 aromatic carbocycles. The van der Waals surface area contributed by atoms with E-state index in [1.165, 1.54) is 0 Å². The minimum atomic E-state index is 0.327. The smallest absolute Gasteiger partial charge is 0.203 e. The van der Waals surface area contributed by atoms with Crippen LogP contribution in [0.3, 0.4) is 0 Å². The SMILES string of the molecule is Cc1ccc(-n2cnn(CN3CCN(c4ccccc4O)CC3)c2=S)cc1Cl. The Morgan fingerprint density at radius 1 is 1.11 bits per heavy atom. The standard InChI is InChI=1S/C20H22ClN5OS/c1-15-6-7-16(12-17(15)21)25-13-22-26(20(25)28)14-23-8-10-24(11-9-23)18-4-2-3-5-19(18)27/h2-7,12-13,27H,8-11,14H2,1H3. The molecule has 1 aliphatic rings. The van der Waals surface area contributed by atoms with Gasteiger partial charge in [-0.3, -0.25) is 9.47 Å². The molecular weight excluding hydrogens is 394 g/mol. The van der Waals surface area contributed by atoms with Crippen LogP contribution in [0.25, 0.3) is 5.69 Å². The summed E-state index contributed by atoms with van der Waals surface area (Å²) in [5.41, 5.74) is 2.84. The van der Waals surface area contributed by atoms with Crippen LogP contribution in [-0.2, 0) is 6.67 Å². The number of nitrogens with zero attached hydrogens (tertiary/aromatic N) is 5. The van der Waals surface area contributed by atoms with Crippen molar-refractivity contribution in [2.24, 2.45) is 0 Å². The zero-order chi connectivity index (χ0) is 19.7. The molecule has 1 N–H and O–H groups in total. The highest BCUT2D eigenvalue weighted by atomic mass is 35.5.